The predicted octanol–water partition coefficient (Wildman–Crippen LogP) is 3.05. The summed E-state index contributed by atoms with van der Waals surface area (Å²) in [5, 5.41) is 9.60. The first-order chi connectivity index (χ1) is 12.3. The summed E-state index contributed by atoms with van der Waals surface area (Å²) in [7, 11) is 1.18. The molecule has 27 heavy (non-hydrogen) atoms. The number of hydrogen-bond acceptors (Lipinski definition) is 5. The summed E-state index contributed by atoms with van der Waals surface area (Å²) in [6.07, 6.45) is -2.49. The molecule has 0 aliphatic heterocycles. The number of rotatable bonds is 3. The molecule has 0 bridgehead atoms. The number of anilines is 1. The summed E-state index contributed by atoms with van der Waals surface area (Å²) >= 11 is 0. The molecule has 1 heterocycles. The normalized spacial score (nSPS) is 20.9. The van der Waals surface area contributed by atoms with Crippen LogP contribution >= 0.6 is 0 Å². The summed E-state index contributed by atoms with van der Waals surface area (Å²) in [6.45, 7) is 5.30. The van der Waals surface area contributed by atoms with E-state index in [-0.39, 0.29) is 17.9 Å². The molecule has 152 valence electrons. The van der Waals surface area contributed by atoms with Crippen molar-refractivity contribution < 1.29 is 22.7 Å². The molecule has 2 atom stereocenters. The van der Waals surface area contributed by atoms with Gasteiger partial charge in [-0.05, 0) is 46.5 Å². The monoisotopic (exact) mass is 390 g/mol. The van der Waals surface area contributed by atoms with E-state index < -0.39 is 29.0 Å². The predicted molar refractivity (Wildman–Crippen MR) is 93.5 cm³/mol. The van der Waals surface area contributed by atoms with Gasteiger partial charge in [-0.15, -0.1) is 0 Å². The summed E-state index contributed by atoms with van der Waals surface area (Å²) in [5.41, 5.74) is -3.06. The summed E-state index contributed by atoms with van der Waals surface area (Å²) in [4.78, 5) is 23.5. The van der Waals surface area contributed by atoms with Crippen molar-refractivity contribution in [3.8, 4) is 0 Å². The number of aryl methyl sites for hydroxylation is 1. The fourth-order valence-electron chi connectivity index (χ4n) is 3.02. The van der Waals surface area contributed by atoms with Gasteiger partial charge < -0.3 is 15.4 Å². The van der Waals surface area contributed by atoms with Gasteiger partial charge >= 0.3 is 12.3 Å². The molecule has 1 saturated carbocycles. The first-order valence-corrected chi connectivity index (χ1v) is 8.77. The van der Waals surface area contributed by atoms with E-state index in [1.165, 1.54) is 7.05 Å². The van der Waals surface area contributed by atoms with Gasteiger partial charge in [-0.25, -0.2) is 9.48 Å². The molecule has 0 spiro atoms. The van der Waals surface area contributed by atoms with Crippen molar-refractivity contribution in [2.75, 3.05) is 5.32 Å². The van der Waals surface area contributed by atoms with E-state index in [1.807, 2.05) is 0 Å². The lowest BCUT2D eigenvalue weighted by Crippen LogP contribution is -2.44. The Morgan fingerprint density at radius 2 is 1.89 bits per heavy atom. The molecule has 1 amide bonds. The van der Waals surface area contributed by atoms with Crippen LogP contribution in [0.15, 0.2) is 10.9 Å². The van der Waals surface area contributed by atoms with Crippen molar-refractivity contribution in [1.29, 1.82) is 0 Å². The second-order valence-electron chi connectivity index (χ2n) is 7.72. The second kappa shape index (κ2) is 7.77. The highest BCUT2D eigenvalue weighted by Crippen LogP contribution is 2.28. The Morgan fingerprint density at radius 3 is 2.48 bits per heavy atom. The number of nitrogens with zero attached hydrogens (tertiary/aromatic N) is 2. The molecule has 7 nitrogen and oxygen atoms in total. The topological polar surface area (TPSA) is 85.2 Å². The van der Waals surface area contributed by atoms with Gasteiger partial charge in [-0.1, -0.05) is 0 Å². The molecule has 10 heteroatoms. The standard InChI is InChI=1S/C17H25F3N4O3/c1-16(2,3)27-15(26)22-11-7-5-6-10(8-11)21-13-9-12(17(18,19)20)14(25)24(4)23-13/h9-11H,5-8H2,1-4H3,(H,21,23)(H,22,26)/t10-,11+/m0/s1. The maximum atomic E-state index is 13.0. The Kier molecular flexibility index (Phi) is 6.06. The molecule has 0 radical (unpaired) electrons. The highest BCUT2D eigenvalue weighted by atomic mass is 19.4. The lowest BCUT2D eigenvalue weighted by Gasteiger charge is -2.31. The minimum Gasteiger partial charge on any atom is -0.444 e. The van der Waals surface area contributed by atoms with Gasteiger partial charge in [0.1, 0.15) is 17.0 Å². The summed E-state index contributed by atoms with van der Waals surface area (Å²) in [6, 6.07) is 0.401. The first-order valence-electron chi connectivity index (χ1n) is 8.77. The molecule has 2 rings (SSSR count). The molecule has 0 aromatic carbocycles. The van der Waals surface area contributed by atoms with Crippen LogP contribution in [0.25, 0.3) is 0 Å². The van der Waals surface area contributed by atoms with Crippen molar-refractivity contribution in [3.63, 3.8) is 0 Å². The van der Waals surface area contributed by atoms with E-state index in [0.29, 0.717) is 11.1 Å². The van der Waals surface area contributed by atoms with Crippen LogP contribution < -0.4 is 16.2 Å². The Hall–Kier alpha value is -2.26. The van der Waals surface area contributed by atoms with Crippen LogP contribution in [0, 0.1) is 0 Å². The molecule has 0 unspecified atom stereocenters. The summed E-state index contributed by atoms with van der Waals surface area (Å²) in [5.74, 6) is -0.0210. The Morgan fingerprint density at radius 1 is 1.26 bits per heavy atom. The number of ether oxygens (including phenoxy) is 1. The zero-order valence-electron chi connectivity index (χ0n) is 15.8. The minimum absolute atomic E-state index is 0.0210. The van der Waals surface area contributed by atoms with Crippen LogP contribution in [0.2, 0.25) is 0 Å². The van der Waals surface area contributed by atoms with Gasteiger partial charge in [-0.3, -0.25) is 4.79 Å². The number of carbonyl (C=O) groups is 1. The first kappa shape index (κ1) is 21.0. The summed E-state index contributed by atoms with van der Waals surface area (Å²) < 4.78 is 44.9. The van der Waals surface area contributed by atoms with Crippen molar-refractivity contribution in [1.82, 2.24) is 15.1 Å². The van der Waals surface area contributed by atoms with E-state index in [0.717, 1.165) is 25.3 Å². The van der Waals surface area contributed by atoms with E-state index in [1.54, 1.807) is 20.8 Å². The number of alkyl carbamates (subject to hydrolysis) is 1. The third kappa shape index (κ3) is 6.14. The molecule has 1 aliphatic rings. The van der Waals surface area contributed by atoms with E-state index in [9.17, 15) is 22.8 Å². The zero-order chi connectivity index (χ0) is 20.4. The quantitative estimate of drug-likeness (QED) is 0.829. The van der Waals surface area contributed by atoms with Gasteiger partial charge in [0, 0.05) is 25.2 Å². The second-order valence-corrected chi connectivity index (χ2v) is 7.72. The van der Waals surface area contributed by atoms with Crippen LogP contribution in [-0.2, 0) is 18.0 Å². The van der Waals surface area contributed by atoms with Crippen LogP contribution in [0.1, 0.15) is 52.0 Å². The SMILES string of the molecule is Cn1nc(N[C@H]2CCC[C@@H](NC(=O)OC(C)(C)C)C2)cc(C(F)(F)F)c1=O. The average Bonchev–Trinajstić information content (AvgIpc) is 2.48. The van der Waals surface area contributed by atoms with Crippen molar-refractivity contribution >= 4 is 11.9 Å². The fraction of sp³-hybridized carbons (Fsp3) is 0.706. The number of aromatic nitrogens is 2. The van der Waals surface area contributed by atoms with Crippen LogP contribution in [0.5, 0.6) is 0 Å². The van der Waals surface area contributed by atoms with Crippen molar-refractivity contribution in [3.05, 3.63) is 22.0 Å². The van der Waals surface area contributed by atoms with Crippen LogP contribution in [-0.4, -0.2) is 33.6 Å². The average molecular weight is 390 g/mol. The Bertz CT molecular complexity index is 740. The zero-order valence-corrected chi connectivity index (χ0v) is 15.8. The van der Waals surface area contributed by atoms with Crippen molar-refractivity contribution in [2.24, 2.45) is 7.05 Å². The molecular formula is C17H25F3N4O3. The van der Waals surface area contributed by atoms with Gasteiger partial charge in [0.05, 0.1) is 0 Å². The smallest absolute Gasteiger partial charge is 0.421 e. The highest BCUT2D eigenvalue weighted by Gasteiger charge is 2.35. The maximum Gasteiger partial charge on any atom is 0.421 e. The van der Waals surface area contributed by atoms with E-state index >= 15 is 0 Å². The fourth-order valence-corrected chi connectivity index (χ4v) is 3.02. The highest BCUT2D eigenvalue weighted by molar-refractivity contribution is 5.68. The van der Waals surface area contributed by atoms with E-state index in [2.05, 4.69) is 15.7 Å². The minimum atomic E-state index is -4.75. The molecule has 2 N–H and O–H groups in total. The number of amides is 1. The Labute approximate surface area is 155 Å². The third-order valence-corrected chi connectivity index (χ3v) is 4.12. The Balaban J connectivity index is 2.05. The number of carbonyl (C=O) groups excluding carboxylic acids is 1. The molecule has 1 aromatic heterocycles. The van der Waals surface area contributed by atoms with Crippen molar-refractivity contribution in [2.45, 2.75) is 70.3 Å². The van der Waals surface area contributed by atoms with Gasteiger partial charge in [0.2, 0.25) is 0 Å². The number of alkyl halides is 3. The lowest BCUT2D eigenvalue weighted by molar-refractivity contribution is -0.139. The maximum absolute atomic E-state index is 13.0. The van der Waals surface area contributed by atoms with Gasteiger partial charge in [-0.2, -0.15) is 18.3 Å². The molecule has 1 fully saturated rings. The molecule has 1 aromatic rings. The third-order valence-electron chi connectivity index (χ3n) is 4.12. The number of hydrogen-bond donors (Lipinski definition) is 2. The molecule has 1 aliphatic carbocycles. The number of nitrogens with one attached hydrogen (secondary N) is 2. The lowest BCUT2D eigenvalue weighted by atomic mass is 9.91. The largest absolute Gasteiger partial charge is 0.444 e. The van der Waals surface area contributed by atoms with Crippen LogP contribution in [0.3, 0.4) is 0 Å². The number of halogens is 3. The van der Waals surface area contributed by atoms with Gasteiger partial charge in [0.15, 0.2) is 0 Å². The molecule has 0 saturated heterocycles. The van der Waals surface area contributed by atoms with Crippen LogP contribution in [0.4, 0.5) is 23.8 Å². The van der Waals surface area contributed by atoms with Gasteiger partial charge in [0.25, 0.3) is 5.56 Å². The van der Waals surface area contributed by atoms with E-state index in [4.69, 9.17) is 4.74 Å². The molecular weight excluding hydrogens is 365 g/mol.